The van der Waals surface area contributed by atoms with Gasteiger partial charge in [0.2, 0.25) is 11.8 Å². The van der Waals surface area contributed by atoms with Crippen LogP contribution in [0.15, 0.2) is 77.7 Å². The lowest BCUT2D eigenvalue weighted by atomic mass is 9.89. The van der Waals surface area contributed by atoms with Crippen molar-refractivity contribution < 1.29 is 14.6 Å². The molecule has 10 nitrogen and oxygen atoms in total. The van der Waals surface area contributed by atoms with Crippen molar-refractivity contribution in [3.05, 3.63) is 105 Å². The number of hydrogen-bond acceptors (Lipinski definition) is 8. The molecule has 0 bridgehead atoms. The highest BCUT2D eigenvalue weighted by Crippen LogP contribution is 2.42. The molecule has 7 rings (SSSR count). The van der Waals surface area contributed by atoms with Gasteiger partial charge in [-0.15, -0.1) is 0 Å². The summed E-state index contributed by atoms with van der Waals surface area (Å²) < 4.78 is 7.16. The van der Waals surface area contributed by atoms with Gasteiger partial charge in [-0.2, -0.15) is 0 Å². The highest BCUT2D eigenvalue weighted by molar-refractivity contribution is 6.39. The van der Waals surface area contributed by atoms with E-state index in [9.17, 15) is 14.7 Å². The summed E-state index contributed by atoms with van der Waals surface area (Å²) in [6, 6.07) is 21.0. The normalized spacial score (nSPS) is 18.8. The van der Waals surface area contributed by atoms with Crippen LogP contribution in [0.4, 0.5) is 0 Å². The Morgan fingerprint density at radius 1 is 0.939 bits per heavy atom. The summed E-state index contributed by atoms with van der Waals surface area (Å²) in [4.78, 5) is 34.1. The zero-order valence-electron chi connectivity index (χ0n) is 26.9. The van der Waals surface area contributed by atoms with Crippen LogP contribution in [0.3, 0.4) is 0 Å². The van der Waals surface area contributed by atoms with Crippen LogP contribution < -0.4 is 26.2 Å². The molecule has 1 amide bonds. The molecule has 2 aromatic carbocycles. The van der Waals surface area contributed by atoms with Gasteiger partial charge in [0, 0.05) is 83.8 Å². The Bertz CT molecular complexity index is 2100. The van der Waals surface area contributed by atoms with Gasteiger partial charge < -0.3 is 25.8 Å². The number of carbonyl (C=O) groups excluding carboxylic acids is 1. The molecule has 1 aliphatic heterocycles. The maximum absolute atomic E-state index is 13.1. The van der Waals surface area contributed by atoms with Crippen LogP contribution >= 0.6 is 23.2 Å². The van der Waals surface area contributed by atoms with Crippen molar-refractivity contribution in [3.63, 3.8) is 0 Å². The lowest BCUT2D eigenvalue weighted by Crippen LogP contribution is -2.43. The first-order chi connectivity index (χ1) is 23.8. The van der Waals surface area contributed by atoms with Gasteiger partial charge in [0.05, 0.1) is 34.6 Å². The minimum absolute atomic E-state index is 0.0933. The van der Waals surface area contributed by atoms with Crippen LogP contribution in [0.5, 0.6) is 5.88 Å². The molecule has 1 atom stereocenters. The lowest BCUT2D eigenvalue weighted by molar-refractivity contribution is -0.119. The number of rotatable bonds is 11. The van der Waals surface area contributed by atoms with Gasteiger partial charge in [-0.05, 0) is 37.5 Å². The summed E-state index contributed by atoms with van der Waals surface area (Å²) in [5.41, 5.74) is 6.28. The third-order valence-corrected chi connectivity index (χ3v) is 10.0. The SMILES string of the molecule is COc1nc(-c2cccc(-c3cccc(-c4ccc5nc(CN[C@H]6C[C@H](O)C6)cc(=O)n5c4)c3Cl)c2Cl)ccc1CNC[C@H]1CCC(=O)N1. The fourth-order valence-electron chi connectivity index (χ4n) is 6.45. The average Bonchev–Trinajstić information content (AvgIpc) is 3.51. The third-order valence-electron chi connectivity index (χ3n) is 9.20. The number of benzene rings is 2. The van der Waals surface area contributed by atoms with E-state index < -0.39 is 0 Å². The van der Waals surface area contributed by atoms with Crippen molar-refractivity contribution in [1.82, 2.24) is 30.3 Å². The summed E-state index contributed by atoms with van der Waals surface area (Å²) in [6.07, 6.45) is 4.33. The minimum Gasteiger partial charge on any atom is -0.481 e. The average molecular weight is 700 g/mol. The first-order valence-corrected chi connectivity index (χ1v) is 17.1. The maximum atomic E-state index is 13.1. The number of hydrogen-bond donors (Lipinski definition) is 4. The molecule has 4 N–H and O–H groups in total. The van der Waals surface area contributed by atoms with Crippen molar-refractivity contribution in [1.29, 1.82) is 0 Å². The standard InChI is InChI=1S/C37H36Cl2N6O4/c1-49-37-21(17-40-18-23-10-13-33(47)43-23)8-11-31(44-37)30-7-3-6-29(36(30)39)28-5-2-4-27(35(28)38)22-9-12-32-42-25(16-34(48)45(32)20-22)19-41-24-14-26(46)15-24/h2-9,11-12,16,20,23-24,26,40-41,46H,10,13-15,17-19H2,1H3,(H,43,47)/t23-,24-,26-/m1/s1. The Kier molecular flexibility index (Phi) is 9.66. The second-order valence-corrected chi connectivity index (χ2v) is 13.3. The monoisotopic (exact) mass is 698 g/mol. The molecular formula is C37H36Cl2N6O4. The molecular weight excluding hydrogens is 663 g/mol. The third kappa shape index (κ3) is 7.06. The number of halogens is 2. The van der Waals surface area contributed by atoms with Crippen LogP contribution in [-0.4, -0.2) is 57.2 Å². The van der Waals surface area contributed by atoms with Gasteiger partial charge in [0.25, 0.3) is 5.56 Å². The van der Waals surface area contributed by atoms with E-state index >= 15 is 0 Å². The number of methoxy groups -OCH3 is 1. The zero-order chi connectivity index (χ0) is 34.1. The largest absolute Gasteiger partial charge is 0.481 e. The van der Waals surface area contributed by atoms with Gasteiger partial charge in [-0.1, -0.05) is 65.7 Å². The van der Waals surface area contributed by atoms with Crippen LogP contribution in [0.25, 0.3) is 39.2 Å². The fourth-order valence-corrected chi connectivity index (χ4v) is 7.11. The first-order valence-electron chi connectivity index (χ1n) is 16.3. The Hall–Kier alpha value is -4.32. The quantitative estimate of drug-likeness (QED) is 0.145. The predicted molar refractivity (Wildman–Crippen MR) is 191 cm³/mol. The smallest absolute Gasteiger partial charge is 0.258 e. The fraction of sp³-hybridized carbons (Fsp3) is 0.297. The number of ether oxygens (including phenoxy) is 1. The summed E-state index contributed by atoms with van der Waals surface area (Å²) in [7, 11) is 1.59. The van der Waals surface area contributed by atoms with Gasteiger partial charge >= 0.3 is 0 Å². The second kappa shape index (κ2) is 14.3. The molecule has 2 fully saturated rings. The van der Waals surface area contributed by atoms with Crippen molar-refractivity contribution in [2.24, 2.45) is 0 Å². The number of aliphatic hydroxyl groups excluding tert-OH is 1. The summed E-state index contributed by atoms with van der Waals surface area (Å²) in [5.74, 6) is 0.584. The Labute approximate surface area is 293 Å². The Balaban J connectivity index is 1.13. The molecule has 252 valence electrons. The molecule has 0 spiro atoms. The molecule has 49 heavy (non-hydrogen) atoms. The van der Waals surface area contributed by atoms with Gasteiger partial charge in [0.1, 0.15) is 5.65 Å². The molecule has 1 saturated heterocycles. The number of nitrogens with zero attached hydrogens (tertiary/aromatic N) is 3. The molecule has 12 heteroatoms. The molecule has 5 aromatic rings. The highest BCUT2D eigenvalue weighted by atomic mass is 35.5. The second-order valence-electron chi connectivity index (χ2n) is 12.6. The molecule has 4 heterocycles. The number of pyridine rings is 2. The van der Waals surface area contributed by atoms with Gasteiger partial charge in [-0.25, -0.2) is 9.97 Å². The molecule has 2 aliphatic rings. The van der Waals surface area contributed by atoms with E-state index in [1.54, 1.807) is 13.3 Å². The number of aromatic nitrogens is 3. The topological polar surface area (TPSA) is 130 Å². The van der Waals surface area contributed by atoms with Crippen LogP contribution in [0.2, 0.25) is 10.0 Å². The molecule has 1 saturated carbocycles. The predicted octanol–water partition coefficient (Wildman–Crippen LogP) is 5.39. The van der Waals surface area contributed by atoms with E-state index in [-0.39, 0.29) is 29.7 Å². The van der Waals surface area contributed by atoms with E-state index in [4.69, 9.17) is 32.9 Å². The Morgan fingerprint density at radius 2 is 1.67 bits per heavy atom. The summed E-state index contributed by atoms with van der Waals surface area (Å²) in [6.45, 7) is 1.67. The van der Waals surface area contributed by atoms with E-state index in [0.29, 0.717) is 71.9 Å². The molecule has 1 aliphatic carbocycles. The summed E-state index contributed by atoms with van der Waals surface area (Å²) >= 11 is 14.2. The first kappa shape index (κ1) is 33.2. The van der Waals surface area contributed by atoms with E-state index in [1.165, 1.54) is 10.5 Å². The van der Waals surface area contributed by atoms with E-state index in [0.717, 1.165) is 39.8 Å². The minimum atomic E-state index is -0.247. The maximum Gasteiger partial charge on any atom is 0.258 e. The number of amides is 1. The molecule has 0 radical (unpaired) electrons. The lowest BCUT2D eigenvalue weighted by Gasteiger charge is -2.32. The van der Waals surface area contributed by atoms with Crippen LogP contribution in [0.1, 0.15) is 36.9 Å². The van der Waals surface area contributed by atoms with Crippen molar-refractivity contribution >= 4 is 34.8 Å². The van der Waals surface area contributed by atoms with Crippen LogP contribution in [-0.2, 0) is 17.9 Å². The summed E-state index contributed by atoms with van der Waals surface area (Å²) in [5, 5.41) is 20.2. The van der Waals surface area contributed by atoms with E-state index in [1.807, 2.05) is 60.7 Å². The number of aliphatic hydroxyl groups is 1. The molecule has 3 aromatic heterocycles. The zero-order valence-corrected chi connectivity index (χ0v) is 28.4. The number of carbonyl (C=O) groups is 1. The van der Waals surface area contributed by atoms with Crippen LogP contribution in [0, 0.1) is 0 Å². The number of nitrogens with one attached hydrogen (secondary N) is 3. The van der Waals surface area contributed by atoms with E-state index in [2.05, 4.69) is 20.9 Å². The number of fused-ring (bicyclic) bond motifs is 1. The van der Waals surface area contributed by atoms with Crippen molar-refractivity contribution in [2.75, 3.05) is 13.7 Å². The molecule has 0 unspecified atom stereocenters. The van der Waals surface area contributed by atoms with Crippen molar-refractivity contribution in [3.8, 4) is 39.4 Å². The van der Waals surface area contributed by atoms with Crippen molar-refractivity contribution in [2.45, 2.75) is 57.0 Å². The Morgan fingerprint density at radius 3 is 2.39 bits per heavy atom. The van der Waals surface area contributed by atoms with Gasteiger partial charge in [0.15, 0.2) is 0 Å². The highest BCUT2D eigenvalue weighted by Gasteiger charge is 2.26. The van der Waals surface area contributed by atoms with Gasteiger partial charge in [-0.3, -0.25) is 14.0 Å².